The van der Waals surface area contributed by atoms with Gasteiger partial charge in [0.15, 0.2) is 0 Å². The fraction of sp³-hybridized carbons (Fsp3) is 1.00. The van der Waals surface area contributed by atoms with Gasteiger partial charge in [-0.3, -0.25) is 0 Å². The van der Waals surface area contributed by atoms with Crippen LogP contribution in [-0.2, 0) is 0 Å². The lowest BCUT2D eigenvalue weighted by molar-refractivity contribution is -0.108. The maximum absolute atomic E-state index is 11.0. The lowest BCUT2D eigenvalue weighted by atomic mass is 9.79. The maximum Gasteiger partial charge on any atom is 0.112 e. The van der Waals surface area contributed by atoms with Crippen LogP contribution >= 0.6 is 0 Å². The number of hydrogen-bond acceptors (Lipinski definition) is 4. The normalized spacial score (nSPS) is 30.1. The molecule has 4 nitrogen and oxygen atoms in total. The van der Waals surface area contributed by atoms with Crippen molar-refractivity contribution in [1.29, 1.82) is 0 Å². The lowest BCUT2D eigenvalue weighted by Gasteiger charge is -2.50. The quantitative estimate of drug-likeness (QED) is 0.368. The minimum Gasteiger partial charge on any atom is -0.378 e. The van der Waals surface area contributed by atoms with Gasteiger partial charge in [-0.05, 0) is 53.4 Å². The van der Waals surface area contributed by atoms with Gasteiger partial charge < -0.3 is 15.5 Å². The Bertz CT molecular complexity index is 450. The molecule has 0 aromatic carbocycles. The number of nitrogens with zero attached hydrogens (tertiary/aromatic N) is 1. The maximum atomic E-state index is 11.0. The van der Waals surface area contributed by atoms with Gasteiger partial charge in [-0.15, -0.1) is 0 Å². The van der Waals surface area contributed by atoms with E-state index < -0.39 is 12.5 Å². The van der Waals surface area contributed by atoms with Gasteiger partial charge in [0.05, 0.1) is 0 Å². The highest BCUT2D eigenvalue weighted by Gasteiger charge is 2.47. The highest BCUT2D eigenvalue weighted by Crippen LogP contribution is 2.39. The topological polar surface area (TPSA) is 55.7 Å². The smallest absolute Gasteiger partial charge is 0.112 e. The van der Waals surface area contributed by atoms with Gasteiger partial charge in [-0.25, -0.2) is 4.90 Å². The van der Waals surface area contributed by atoms with Crippen LogP contribution in [0, 0.1) is 5.92 Å². The van der Waals surface area contributed by atoms with Crippen molar-refractivity contribution in [1.82, 2.24) is 10.2 Å². The zero-order chi connectivity index (χ0) is 21.5. The van der Waals surface area contributed by atoms with Crippen molar-refractivity contribution in [2.45, 2.75) is 154 Å². The van der Waals surface area contributed by atoms with Crippen molar-refractivity contribution in [3.05, 3.63) is 0 Å². The van der Waals surface area contributed by atoms with E-state index in [9.17, 15) is 10.2 Å². The Morgan fingerprint density at radius 1 is 0.793 bits per heavy atom. The molecule has 172 valence electrons. The molecule has 0 bridgehead atoms. The molecule has 3 unspecified atom stereocenters. The first-order chi connectivity index (χ1) is 13.7. The molecule has 3 atom stereocenters. The van der Waals surface area contributed by atoms with E-state index >= 15 is 0 Å². The number of nitrogens with one attached hydrogen (secondary N) is 1. The van der Waals surface area contributed by atoms with Gasteiger partial charge >= 0.3 is 0 Å². The van der Waals surface area contributed by atoms with E-state index in [1.54, 1.807) is 0 Å². The highest BCUT2D eigenvalue weighted by molar-refractivity contribution is 5.02. The second-order valence-corrected chi connectivity index (χ2v) is 11.3. The minimum atomic E-state index is -0.493. The predicted octanol–water partition coefficient (Wildman–Crippen LogP) is 5.57. The van der Waals surface area contributed by atoms with Gasteiger partial charge in [0.25, 0.3) is 0 Å². The summed E-state index contributed by atoms with van der Waals surface area (Å²) in [6, 6.07) is 0.240. The molecule has 0 saturated carbocycles. The van der Waals surface area contributed by atoms with E-state index in [4.69, 9.17) is 0 Å². The van der Waals surface area contributed by atoms with Crippen molar-refractivity contribution in [3.63, 3.8) is 0 Å². The van der Waals surface area contributed by atoms with Crippen molar-refractivity contribution < 1.29 is 10.2 Å². The van der Waals surface area contributed by atoms with Crippen LogP contribution in [0.3, 0.4) is 0 Å². The molecule has 0 radical (unpaired) electrons. The Balaban J connectivity index is 1.68. The summed E-state index contributed by atoms with van der Waals surface area (Å²) in [5.41, 5.74) is 0.0565. The molecule has 2 rings (SSSR count). The number of hydrogen-bond donors (Lipinski definition) is 3. The second kappa shape index (κ2) is 11.5. The van der Waals surface area contributed by atoms with E-state index in [1.165, 1.54) is 64.2 Å². The molecular weight excluding hydrogens is 360 g/mol. The summed E-state index contributed by atoms with van der Waals surface area (Å²) in [6.07, 6.45) is 16.1. The summed E-state index contributed by atoms with van der Waals surface area (Å²) in [5, 5.41) is 25.4. The number of likely N-dealkylation sites (tertiary alicyclic amines) is 1. The Labute approximate surface area is 180 Å². The second-order valence-electron chi connectivity index (χ2n) is 11.3. The standard InChI is InChI=1S/C25H50N2O2/c1-6-7-8-9-10-11-12-13-14-15-16-20-17-22(28)27(23(20)29)21-18-24(2,3)26-25(4,5)19-21/h20-23,26,28-29H,6-19H2,1-5H3. The average Bonchev–Trinajstić information content (AvgIpc) is 2.87. The first kappa shape index (κ1) is 25.1. The Morgan fingerprint density at radius 3 is 1.79 bits per heavy atom. The summed E-state index contributed by atoms with van der Waals surface area (Å²) >= 11 is 0. The third-order valence-corrected chi connectivity index (χ3v) is 7.10. The lowest BCUT2D eigenvalue weighted by Crippen LogP contribution is -2.63. The molecule has 2 fully saturated rings. The Kier molecular flexibility index (Phi) is 9.92. The Hall–Kier alpha value is -0.160. The van der Waals surface area contributed by atoms with Gasteiger partial charge in [-0.2, -0.15) is 0 Å². The van der Waals surface area contributed by atoms with Gasteiger partial charge in [0.2, 0.25) is 0 Å². The van der Waals surface area contributed by atoms with Gasteiger partial charge in [-0.1, -0.05) is 71.1 Å². The molecule has 2 saturated heterocycles. The fourth-order valence-corrected chi connectivity index (χ4v) is 6.03. The molecule has 29 heavy (non-hydrogen) atoms. The number of unbranched alkanes of at least 4 members (excludes halogenated alkanes) is 9. The molecular formula is C25H50N2O2. The number of rotatable bonds is 12. The van der Waals surface area contributed by atoms with Crippen LogP contribution in [0.4, 0.5) is 0 Å². The van der Waals surface area contributed by atoms with E-state index in [0.29, 0.717) is 0 Å². The third kappa shape index (κ3) is 8.12. The monoisotopic (exact) mass is 410 g/mol. The molecule has 0 amide bonds. The van der Waals surface area contributed by atoms with Crippen molar-refractivity contribution in [2.75, 3.05) is 0 Å². The third-order valence-electron chi connectivity index (χ3n) is 7.10. The zero-order valence-electron chi connectivity index (χ0n) is 20.1. The largest absolute Gasteiger partial charge is 0.378 e. The molecule has 0 spiro atoms. The van der Waals surface area contributed by atoms with Gasteiger partial charge in [0, 0.05) is 23.0 Å². The van der Waals surface area contributed by atoms with Crippen molar-refractivity contribution >= 4 is 0 Å². The SMILES string of the molecule is CCCCCCCCCCCCC1CC(O)N(C2CC(C)(C)NC(C)(C)C2)C1O. The summed E-state index contributed by atoms with van der Waals surface area (Å²) in [6.45, 7) is 11.2. The first-order valence-electron chi connectivity index (χ1n) is 12.6. The van der Waals surface area contributed by atoms with Crippen LogP contribution in [0.5, 0.6) is 0 Å². The first-order valence-corrected chi connectivity index (χ1v) is 12.6. The van der Waals surface area contributed by atoms with E-state index in [2.05, 4.69) is 39.9 Å². The Morgan fingerprint density at radius 2 is 1.28 bits per heavy atom. The van der Waals surface area contributed by atoms with Crippen LogP contribution in [-0.4, -0.2) is 44.7 Å². The van der Waals surface area contributed by atoms with Crippen molar-refractivity contribution in [3.8, 4) is 0 Å². The fourth-order valence-electron chi connectivity index (χ4n) is 6.03. The summed E-state index contributed by atoms with van der Waals surface area (Å²) in [4.78, 5) is 2.03. The number of aliphatic hydroxyl groups is 2. The number of piperidine rings is 1. The summed E-state index contributed by atoms with van der Waals surface area (Å²) < 4.78 is 0. The highest BCUT2D eigenvalue weighted by atomic mass is 16.3. The van der Waals surface area contributed by atoms with Crippen LogP contribution in [0.25, 0.3) is 0 Å². The molecule has 4 heteroatoms. The number of aliphatic hydroxyl groups excluding tert-OH is 2. The van der Waals surface area contributed by atoms with Crippen LogP contribution in [0.1, 0.15) is 125 Å². The average molecular weight is 411 g/mol. The molecule has 2 aliphatic heterocycles. The van der Waals surface area contributed by atoms with E-state index in [0.717, 1.165) is 25.7 Å². The molecule has 0 aromatic rings. The molecule has 2 heterocycles. The predicted molar refractivity (Wildman–Crippen MR) is 123 cm³/mol. The van der Waals surface area contributed by atoms with Gasteiger partial charge in [0.1, 0.15) is 12.5 Å². The van der Waals surface area contributed by atoms with Crippen LogP contribution in [0.2, 0.25) is 0 Å². The molecule has 2 aliphatic rings. The van der Waals surface area contributed by atoms with Crippen LogP contribution < -0.4 is 5.32 Å². The van der Waals surface area contributed by atoms with Crippen LogP contribution in [0.15, 0.2) is 0 Å². The zero-order valence-corrected chi connectivity index (χ0v) is 20.1. The molecule has 3 N–H and O–H groups in total. The van der Waals surface area contributed by atoms with Crippen molar-refractivity contribution in [2.24, 2.45) is 5.92 Å². The minimum absolute atomic E-state index is 0.0283. The van der Waals surface area contributed by atoms with E-state index in [-0.39, 0.29) is 23.0 Å². The molecule has 0 aromatic heterocycles. The van der Waals surface area contributed by atoms with E-state index in [1.807, 2.05) is 4.90 Å². The molecule has 0 aliphatic carbocycles. The summed E-state index contributed by atoms with van der Waals surface area (Å²) in [7, 11) is 0. The summed E-state index contributed by atoms with van der Waals surface area (Å²) in [5.74, 6) is 0.222.